The van der Waals surface area contributed by atoms with Crippen LogP contribution < -0.4 is 0 Å². The molecule has 1 unspecified atom stereocenters. The van der Waals surface area contributed by atoms with Crippen molar-refractivity contribution in [2.24, 2.45) is 4.99 Å². The van der Waals surface area contributed by atoms with Crippen molar-refractivity contribution in [1.29, 1.82) is 0 Å². The van der Waals surface area contributed by atoms with Crippen LogP contribution in [0.1, 0.15) is 13.8 Å². The van der Waals surface area contributed by atoms with E-state index in [4.69, 9.17) is 5.11 Å². The molecule has 4 nitrogen and oxygen atoms in total. The van der Waals surface area contributed by atoms with Gasteiger partial charge in [0.25, 0.3) is 5.91 Å². The number of aliphatic imine (C=N–C) groups is 1. The van der Waals surface area contributed by atoms with E-state index in [2.05, 4.69) is 4.99 Å². The third-order valence-electron chi connectivity index (χ3n) is 1.28. The largest absolute Gasteiger partial charge is 0.383 e. The maximum Gasteiger partial charge on any atom is 0.275 e. The zero-order chi connectivity index (χ0) is 9.02. The van der Waals surface area contributed by atoms with Crippen molar-refractivity contribution < 1.29 is 9.90 Å². The van der Waals surface area contributed by atoms with Crippen LogP contribution in [0.25, 0.3) is 0 Å². The van der Waals surface area contributed by atoms with E-state index in [-0.39, 0.29) is 0 Å². The maximum atomic E-state index is 10.8. The molecule has 0 heterocycles. The van der Waals surface area contributed by atoms with Gasteiger partial charge in [0.2, 0.25) is 0 Å². The van der Waals surface area contributed by atoms with Gasteiger partial charge in [-0.3, -0.25) is 4.79 Å². The molecule has 0 aromatic heterocycles. The second kappa shape index (κ2) is 4.08. The van der Waals surface area contributed by atoms with Crippen molar-refractivity contribution in [3.05, 3.63) is 0 Å². The number of amides is 1. The van der Waals surface area contributed by atoms with E-state index in [0.717, 1.165) is 0 Å². The molecule has 0 saturated heterocycles. The number of nitrogens with zero attached hydrogens (tertiary/aromatic N) is 2. The first kappa shape index (κ1) is 10.1. The van der Waals surface area contributed by atoms with Gasteiger partial charge in [-0.15, -0.1) is 0 Å². The van der Waals surface area contributed by atoms with Gasteiger partial charge < -0.3 is 10.0 Å². The zero-order valence-corrected chi connectivity index (χ0v) is 7.33. The molecule has 1 atom stereocenters. The molecule has 0 aromatic rings. The first-order valence-electron chi connectivity index (χ1n) is 3.39. The highest BCUT2D eigenvalue weighted by atomic mass is 16.3. The third kappa shape index (κ3) is 3.72. The minimum Gasteiger partial charge on any atom is -0.383 e. The third-order valence-corrected chi connectivity index (χ3v) is 1.28. The Kier molecular flexibility index (Phi) is 3.74. The second-order valence-corrected chi connectivity index (χ2v) is 2.57. The first-order valence-corrected chi connectivity index (χ1v) is 3.39. The lowest BCUT2D eigenvalue weighted by Gasteiger charge is -2.10. The Balaban J connectivity index is 4.20. The number of amidine groups is 1. The van der Waals surface area contributed by atoms with Crippen molar-refractivity contribution in [1.82, 2.24) is 4.90 Å². The van der Waals surface area contributed by atoms with Crippen LogP contribution in [0.15, 0.2) is 4.99 Å². The van der Waals surface area contributed by atoms with Gasteiger partial charge in [-0.1, -0.05) is 0 Å². The number of hydrogen-bond donors (Lipinski definition) is 1. The van der Waals surface area contributed by atoms with Crippen LogP contribution in [-0.4, -0.2) is 41.9 Å². The van der Waals surface area contributed by atoms with Gasteiger partial charge in [-0.05, 0) is 13.8 Å². The Morgan fingerprint density at radius 1 is 1.55 bits per heavy atom. The number of carbonyl (C=O) groups is 1. The molecule has 4 heteroatoms. The van der Waals surface area contributed by atoms with E-state index in [1.165, 1.54) is 6.92 Å². The smallest absolute Gasteiger partial charge is 0.275 e. The summed E-state index contributed by atoms with van der Waals surface area (Å²) in [5.74, 6) is 0.0899. The molecule has 0 aromatic carbocycles. The Morgan fingerprint density at radius 2 is 2.00 bits per heavy atom. The van der Waals surface area contributed by atoms with Gasteiger partial charge in [0, 0.05) is 14.1 Å². The molecule has 0 rings (SSSR count). The van der Waals surface area contributed by atoms with E-state index >= 15 is 0 Å². The molecule has 0 aliphatic rings. The fraction of sp³-hybridized carbons (Fsp3) is 0.714. The molecule has 0 spiro atoms. The Bertz CT molecular complexity index is 173. The van der Waals surface area contributed by atoms with Crippen molar-refractivity contribution >= 4 is 11.7 Å². The normalized spacial score (nSPS) is 14.5. The van der Waals surface area contributed by atoms with E-state index in [1.807, 2.05) is 0 Å². The number of hydrogen-bond acceptors (Lipinski definition) is 2. The molecule has 0 radical (unpaired) electrons. The first-order chi connectivity index (χ1) is 4.95. The van der Waals surface area contributed by atoms with E-state index in [0.29, 0.717) is 5.84 Å². The van der Waals surface area contributed by atoms with E-state index in [9.17, 15) is 4.79 Å². The van der Waals surface area contributed by atoms with E-state index in [1.54, 1.807) is 25.9 Å². The highest BCUT2D eigenvalue weighted by Crippen LogP contribution is 1.89. The molecule has 1 N–H and O–H groups in total. The van der Waals surface area contributed by atoms with Crippen LogP contribution in [-0.2, 0) is 4.79 Å². The van der Waals surface area contributed by atoms with E-state index < -0.39 is 12.0 Å². The summed E-state index contributed by atoms with van der Waals surface area (Å²) in [6, 6.07) is 0. The molecule has 64 valence electrons. The topological polar surface area (TPSA) is 52.9 Å². The summed E-state index contributed by atoms with van der Waals surface area (Å²) in [5, 5.41) is 8.78. The monoisotopic (exact) mass is 158 g/mol. The average Bonchev–Trinajstić information content (AvgIpc) is 1.87. The van der Waals surface area contributed by atoms with Gasteiger partial charge in [0.05, 0.1) is 0 Å². The van der Waals surface area contributed by atoms with Gasteiger partial charge in [0.1, 0.15) is 11.9 Å². The summed E-state index contributed by atoms with van der Waals surface area (Å²) >= 11 is 0. The Hall–Kier alpha value is -0.900. The number of aliphatic hydroxyl groups is 1. The zero-order valence-electron chi connectivity index (χ0n) is 7.33. The molecule has 1 amide bonds. The molecule has 0 aliphatic carbocycles. The van der Waals surface area contributed by atoms with Crippen LogP contribution in [0.3, 0.4) is 0 Å². The van der Waals surface area contributed by atoms with Crippen LogP contribution >= 0.6 is 0 Å². The fourth-order valence-corrected chi connectivity index (χ4v) is 0.353. The lowest BCUT2D eigenvalue weighted by atomic mass is 10.4. The lowest BCUT2D eigenvalue weighted by molar-refractivity contribution is -0.124. The molecular formula is C7H14N2O2. The Morgan fingerprint density at radius 3 is 2.27 bits per heavy atom. The van der Waals surface area contributed by atoms with Crippen molar-refractivity contribution in [3.63, 3.8) is 0 Å². The lowest BCUT2D eigenvalue weighted by Crippen LogP contribution is -2.23. The molecule has 0 aliphatic heterocycles. The second-order valence-electron chi connectivity index (χ2n) is 2.57. The summed E-state index contributed by atoms with van der Waals surface area (Å²) in [6.07, 6.45) is -1.01. The fourth-order valence-electron chi connectivity index (χ4n) is 0.353. The summed E-state index contributed by atoms with van der Waals surface area (Å²) in [6.45, 7) is 3.11. The average molecular weight is 158 g/mol. The summed E-state index contributed by atoms with van der Waals surface area (Å²) in [5.41, 5.74) is 0. The summed E-state index contributed by atoms with van der Waals surface area (Å²) in [7, 11) is 3.57. The molecular weight excluding hydrogens is 144 g/mol. The van der Waals surface area contributed by atoms with Crippen LogP contribution in [0.5, 0.6) is 0 Å². The minimum atomic E-state index is -1.01. The van der Waals surface area contributed by atoms with Crippen molar-refractivity contribution in [2.45, 2.75) is 20.0 Å². The molecule has 11 heavy (non-hydrogen) atoms. The standard InChI is InChI=1S/C7H14N2O2/c1-5(10)7(11)8-6(2)9(3)4/h5,10H,1-4H3. The highest BCUT2D eigenvalue weighted by molar-refractivity contribution is 5.94. The van der Waals surface area contributed by atoms with Gasteiger partial charge in [0.15, 0.2) is 0 Å². The molecule has 0 fully saturated rings. The van der Waals surface area contributed by atoms with Gasteiger partial charge in [-0.25, -0.2) is 0 Å². The highest BCUT2D eigenvalue weighted by Gasteiger charge is 2.07. The maximum absolute atomic E-state index is 10.8. The van der Waals surface area contributed by atoms with Crippen molar-refractivity contribution in [2.75, 3.05) is 14.1 Å². The predicted molar refractivity (Wildman–Crippen MR) is 43.5 cm³/mol. The summed E-state index contributed by atoms with van der Waals surface area (Å²) < 4.78 is 0. The SMILES string of the molecule is CC(=NC(=O)C(C)O)N(C)C. The number of carbonyl (C=O) groups excluding carboxylic acids is 1. The number of rotatable bonds is 1. The predicted octanol–water partition coefficient (Wildman–Crippen LogP) is -0.126. The van der Waals surface area contributed by atoms with Gasteiger partial charge in [-0.2, -0.15) is 4.99 Å². The quantitative estimate of drug-likeness (QED) is 0.427. The number of aliphatic hydroxyl groups excluding tert-OH is 1. The molecule has 0 saturated carbocycles. The summed E-state index contributed by atoms with van der Waals surface area (Å²) in [4.78, 5) is 16.1. The Labute approximate surface area is 66.5 Å². The van der Waals surface area contributed by atoms with Crippen LogP contribution in [0.2, 0.25) is 0 Å². The van der Waals surface area contributed by atoms with Gasteiger partial charge >= 0.3 is 0 Å². The molecule has 0 bridgehead atoms. The van der Waals surface area contributed by atoms with Crippen LogP contribution in [0, 0.1) is 0 Å². The minimum absolute atomic E-state index is 0.504. The van der Waals surface area contributed by atoms with Crippen LogP contribution in [0.4, 0.5) is 0 Å². The van der Waals surface area contributed by atoms with Crippen molar-refractivity contribution in [3.8, 4) is 0 Å².